The average Bonchev–Trinajstić information content (AvgIpc) is 2.83. The number of morpholine rings is 1. The van der Waals surface area contributed by atoms with E-state index in [-0.39, 0.29) is 11.8 Å². The van der Waals surface area contributed by atoms with E-state index in [0.29, 0.717) is 25.7 Å². The molecule has 2 aromatic rings. The van der Waals surface area contributed by atoms with Gasteiger partial charge < -0.3 is 20.4 Å². The summed E-state index contributed by atoms with van der Waals surface area (Å²) in [6.45, 7) is 5.17. The molecule has 0 radical (unpaired) electrons. The number of aliphatic imine (C=N–C) groups is 1. The lowest BCUT2D eigenvalue weighted by atomic mass is 10.3. The monoisotopic (exact) mass is 303 g/mol. The number of nitrogens with two attached hydrogens (primary N) is 1. The number of benzene rings is 1. The van der Waals surface area contributed by atoms with E-state index >= 15 is 0 Å². The number of para-hydroxylation sites is 2. The van der Waals surface area contributed by atoms with Gasteiger partial charge in [0.15, 0.2) is 5.96 Å². The van der Waals surface area contributed by atoms with Crippen LogP contribution >= 0.6 is 0 Å². The molecule has 0 aliphatic carbocycles. The van der Waals surface area contributed by atoms with Crippen LogP contribution in [-0.2, 0) is 11.3 Å². The summed E-state index contributed by atoms with van der Waals surface area (Å²) < 4.78 is 7.17. The Labute approximate surface area is 128 Å². The summed E-state index contributed by atoms with van der Waals surface area (Å²) in [5, 5.41) is 0. The average molecular weight is 303 g/mol. The van der Waals surface area contributed by atoms with Crippen molar-refractivity contribution in [2.45, 2.75) is 19.6 Å². The zero-order chi connectivity index (χ0) is 15.5. The Morgan fingerprint density at radius 3 is 3.14 bits per heavy atom. The van der Waals surface area contributed by atoms with Gasteiger partial charge in [0.25, 0.3) is 0 Å². The van der Waals surface area contributed by atoms with Crippen LogP contribution in [0, 0.1) is 0 Å². The van der Waals surface area contributed by atoms with Crippen LogP contribution < -0.4 is 11.4 Å². The molecule has 1 saturated heterocycles. The van der Waals surface area contributed by atoms with Crippen LogP contribution in [0.1, 0.15) is 6.92 Å². The first-order chi connectivity index (χ1) is 10.6. The maximum Gasteiger partial charge on any atom is 0.326 e. The fraction of sp³-hybridized carbons (Fsp3) is 0.467. The van der Waals surface area contributed by atoms with Gasteiger partial charge in [-0.15, -0.1) is 0 Å². The topological polar surface area (TPSA) is 88.6 Å². The molecule has 22 heavy (non-hydrogen) atoms. The van der Waals surface area contributed by atoms with Crippen molar-refractivity contribution >= 4 is 17.0 Å². The Hall–Kier alpha value is -2.28. The van der Waals surface area contributed by atoms with Crippen molar-refractivity contribution in [2.24, 2.45) is 10.7 Å². The van der Waals surface area contributed by atoms with Gasteiger partial charge in [-0.3, -0.25) is 9.56 Å². The third-order valence-electron chi connectivity index (χ3n) is 3.84. The van der Waals surface area contributed by atoms with E-state index in [1.165, 1.54) is 0 Å². The van der Waals surface area contributed by atoms with Crippen molar-refractivity contribution < 1.29 is 4.74 Å². The molecule has 1 aromatic carbocycles. The maximum atomic E-state index is 12.0. The second-order valence-corrected chi connectivity index (χ2v) is 5.47. The summed E-state index contributed by atoms with van der Waals surface area (Å²) in [5.41, 5.74) is 7.64. The summed E-state index contributed by atoms with van der Waals surface area (Å²) >= 11 is 0. The number of nitrogens with one attached hydrogen (secondary N) is 1. The lowest BCUT2D eigenvalue weighted by Crippen LogP contribution is -2.48. The van der Waals surface area contributed by atoms with Crippen LogP contribution in [0.15, 0.2) is 34.1 Å². The minimum atomic E-state index is -0.116. The van der Waals surface area contributed by atoms with Crippen molar-refractivity contribution in [3.8, 4) is 0 Å². The molecular formula is C15H21N5O2. The highest BCUT2D eigenvalue weighted by Gasteiger charge is 2.17. The highest BCUT2D eigenvalue weighted by atomic mass is 16.5. The number of imidazole rings is 1. The van der Waals surface area contributed by atoms with Crippen LogP contribution in [0.5, 0.6) is 0 Å². The smallest absolute Gasteiger partial charge is 0.326 e. The van der Waals surface area contributed by atoms with Crippen LogP contribution in [-0.4, -0.2) is 52.8 Å². The van der Waals surface area contributed by atoms with E-state index in [4.69, 9.17) is 10.5 Å². The molecule has 0 saturated carbocycles. The van der Waals surface area contributed by atoms with E-state index in [2.05, 4.69) is 9.98 Å². The Morgan fingerprint density at radius 2 is 2.32 bits per heavy atom. The van der Waals surface area contributed by atoms with Crippen molar-refractivity contribution in [3.05, 3.63) is 34.7 Å². The molecule has 1 fully saturated rings. The summed E-state index contributed by atoms with van der Waals surface area (Å²) in [4.78, 5) is 21.2. The molecule has 7 heteroatoms. The zero-order valence-corrected chi connectivity index (χ0v) is 12.7. The maximum absolute atomic E-state index is 12.0. The van der Waals surface area contributed by atoms with E-state index in [1.54, 1.807) is 4.57 Å². The molecular weight excluding hydrogens is 282 g/mol. The minimum absolute atomic E-state index is 0.116. The Kier molecular flexibility index (Phi) is 4.15. The van der Waals surface area contributed by atoms with Gasteiger partial charge in [0.2, 0.25) is 0 Å². The number of ether oxygens (including phenoxy) is 1. The summed E-state index contributed by atoms with van der Waals surface area (Å²) in [5.74, 6) is 0.517. The minimum Gasteiger partial charge on any atom is -0.375 e. The van der Waals surface area contributed by atoms with Crippen LogP contribution in [0.2, 0.25) is 0 Å². The lowest BCUT2D eigenvalue weighted by Gasteiger charge is -2.31. The quantitative estimate of drug-likeness (QED) is 0.633. The number of rotatable bonds is 3. The number of hydrogen-bond acceptors (Lipinski definition) is 3. The van der Waals surface area contributed by atoms with Gasteiger partial charge in [0.1, 0.15) is 0 Å². The molecule has 1 aliphatic heterocycles. The van der Waals surface area contributed by atoms with Crippen molar-refractivity contribution in [2.75, 3.05) is 26.2 Å². The summed E-state index contributed by atoms with van der Waals surface area (Å²) in [6, 6.07) is 7.63. The lowest BCUT2D eigenvalue weighted by molar-refractivity contribution is 0.00529. The second-order valence-electron chi connectivity index (χ2n) is 5.47. The van der Waals surface area contributed by atoms with Gasteiger partial charge in [0.05, 0.1) is 30.3 Å². The first kappa shape index (κ1) is 14.6. The number of aromatic amines is 1. The van der Waals surface area contributed by atoms with Crippen molar-refractivity contribution in [3.63, 3.8) is 0 Å². The van der Waals surface area contributed by atoms with Crippen molar-refractivity contribution in [1.82, 2.24) is 14.5 Å². The molecule has 0 spiro atoms. The number of aromatic nitrogens is 2. The molecule has 0 amide bonds. The molecule has 1 aromatic heterocycles. The fourth-order valence-electron chi connectivity index (χ4n) is 2.72. The van der Waals surface area contributed by atoms with Crippen LogP contribution in [0.25, 0.3) is 11.0 Å². The van der Waals surface area contributed by atoms with E-state index in [9.17, 15) is 4.79 Å². The molecule has 118 valence electrons. The van der Waals surface area contributed by atoms with Gasteiger partial charge >= 0.3 is 5.69 Å². The highest BCUT2D eigenvalue weighted by molar-refractivity contribution is 5.78. The van der Waals surface area contributed by atoms with E-state index in [1.807, 2.05) is 36.1 Å². The van der Waals surface area contributed by atoms with Gasteiger partial charge in [-0.2, -0.15) is 0 Å². The standard InChI is InChI=1S/C15H21N5O2/c1-11-10-19(8-9-22-11)14(16)17-6-7-20-13-5-3-2-4-12(13)18-15(20)21/h2-5,11H,6-10H2,1H3,(H2,16,17)(H,18,21). The first-order valence-corrected chi connectivity index (χ1v) is 7.49. The van der Waals surface area contributed by atoms with Gasteiger partial charge in [-0.25, -0.2) is 4.79 Å². The van der Waals surface area contributed by atoms with Gasteiger partial charge in [-0.1, -0.05) is 12.1 Å². The van der Waals surface area contributed by atoms with Crippen LogP contribution in [0.4, 0.5) is 0 Å². The number of nitrogens with zero attached hydrogens (tertiary/aromatic N) is 3. The largest absolute Gasteiger partial charge is 0.375 e. The number of guanidine groups is 1. The third kappa shape index (κ3) is 2.99. The summed E-state index contributed by atoms with van der Waals surface area (Å²) in [7, 11) is 0. The molecule has 1 unspecified atom stereocenters. The predicted octanol–water partition coefficient (Wildman–Crippen LogP) is 0.365. The molecule has 1 aliphatic rings. The SMILES string of the molecule is CC1CN(C(N)=NCCn2c(=O)[nH]c3ccccc32)CCO1. The van der Waals surface area contributed by atoms with E-state index in [0.717, 1.165) is 24.1 Å². The predicted molar refractivity (Wildman–Crippen MR) is 86.0 cm³/mol. The first-order valence-electron chi connectivity index (χ1n) is 7.49. The van der Waals surface area contributed by atoms with E-state index < -0.39 is 0 Å². The molecule has 1 atom stereocenters. The molecule has 2 heterocycles. The highest BCUT2D eigenvalue weighted by Crippen LogP contribution is 2.08. The molecule has 0 bridgehead atoms. The van der Waals surface area contributed by atoms with Gasteiger partial charge in [-0.05, 0) is 19.1 Å². The van der Waals surface area contributed by atoms with Gasteiger partial charge in [0, 0.05) is 19.6 Å². The molecule has 7 nitrogen and oxygen atoms in total. The van der Waals surface area contributed by atoms with Crippen LogP contribution in [0.3, 0.4) is 0 Å². The molecule has 3 rings (SSSR count). The number of hydrogen-bond donors (Lipinski definition) is 2. The normalized spacial score (nSPS) is 19.8. The second kappa shape index (κ2) is 6.23. The fourth-order valence-corrected chi connectivity index (χ4v) is 2.72. The Balaban J connectivity index is 1.68. The number of H-pyrrole nitrogens is 1. The number of fused-ring (bicyclic) bond motifs is 1. The molecule has 3 N–H and O–H groups in total. The Bertz CT molecular complexity index is 733. The zero-order valence-electron chi connectivity index (χ0n) is 12.7. The third-order valence-corrected chi connectivity index (χ3v) is 3.84. The summed E-state index contributed by atoms with van der Waals surface area (Å²) in [6.07, 6.45) is 0.165. The Morgan fingerprint density at radius 1 is 1.50 bits per heavy atom. The van der Waals surface area contributed by atoms with Crippen molar-refractivity contribution in [1.29, 1.82) is 0 Å².